The number of sulfonamides is 1. The van der Waals surface area contributed by atoms with Gasteiger partial charge in [0, 0.05) is 6.42 Å². The average molecular weight is 399 g/mol. The molecule has 0 aliphatic heterocycles. The molecule has 0 amide bonds. The Kier molecular flexibility index (Phi) is 5.40. The van der Waals surface area contributed by atoms with Crippen molar-refractivity contribution in [3.63, 3.8) is 0 Å². The maximum atomic E-state index is 13.0. The van der Waals surface area contributed by atoms with Crippen LogP contribution in [0.4, 0.5) is 0 Å². The number of nitrogens with one attached hydrogen (secondary N) is 1. The molecule has 1 atom stereocenters. The van der Waals surface area contributed by atoms with Crippen LogP contribution in [0.5, 0.6) is 5.75 Å². The molecule has 0 aliphatic carbocycles. The lowest BCUT2D eigenvalue weighted by molar-refractivity contribution is -0.144. The van der Waals surface area contributed by atoms with Gasteiger partial charge in [0.05, 0.1) is 4.90 Å². The lowest BCUT2D eigenvalue weighted by Gasteiger charge is -2.29. The van der Waals surface area contributed by atoms with E-state index >= 15 is 0 Å². The molecule has 0 radical (unpaired) electrons. The zero-order valence-electron chi connectivity index (χ0n) is 15.3. The van der Waals surface area contributed by atoms with E-state index in [1.165, 1.54) is 24.3 Å². The van der Waals surface area contributed by atoms with Gasteiger partial charge in [-0.15, -0.1) is 0 Å². The van der Waals surface area contributed by atoms with E-state index in [1.54, 1.807) is 31.2 Å². The summed E-state index contributed by atoms with van der Waals surface area (Å²) in [5.41, 5.74) is -1.11. The molecular weight excluding hydrogens is 378 g/mol. The first-order chi connectivity index (χ1) is 13.3. The largest absolute Gasteiger partial charge is 0.508 e. The third-order valence-electron chi connectivity index (χ3n) is 4.82. The minimum atomic E-state index is -4.07. The zero-order chi connectivity index (χ0) is 20.4. The normalized spacial score (nSPS) is 13.9. The molecule has 0 unspecified atom stereocenters. The van der Waals surface area contributed by atoms with Crippen LogP contribution >= 0.6 is 0 Å². The van der Waals surface area contributed by atoms with Crippen molar-refractivity contribution in [2.24, 2.45) is 0 Å². The molecule has 28 heavy (non-hydrogen) atoms. The monoisotopic (exact) mass is 399 g/mol. The summed E-state index contributed by atoms with van der Waals surface area (Å²) in [5, 5.41) is 20.9. The Morgan fingerprint density at radius 2 is 1.64 bits per heavy atom. The molecule has 0 spiro atoms. The Bertz CT molecular complexity index is 1110. The first-order valence-corrected chi connectivity index (χ1v) is 10.3. The number of phenols is 1. The molecule has 146 valence electrons. The van der Waals surface area contributed by atoms with Gasteiger partial charge in [0.25, 0.3) is 0 Å². The fourth-order valence-electron chi connectivity index (χ4n) is 3.12. The van der Waals surface area contributed by atoms with Crippen molar-refractivity contribution in [1.82, 2.24) is 4.72 Å². The Morgan fingerprint density at radius 1 is 1.00 bits per heavy atom. The van der Waals surface area contributed by atoms with Crippen LogP contribution in [0.25, 0.3) is 10.8 Å². The number of hydrogen-bond donors (Lipinski definition) is 3. The number of phenolic OH excluding ortho intramolecular Hbond substituents is 1. The van der Waals surface area contributed by atoms with Crippen molar-refractivity contribution in [3.05, 3.63) is 72.3 Å². The molecule has 7 heteroatoms. The van der Waals surface area contributed by atoms with Crippen LogP contribution in [0.3, 0.4) is 0 Å². The smallest absolute Gasteiger partial charge is 0.325 e. The summed E-state index contributed by atoms with van der Waals surface area (Å²) in [7, 11) is -4.07. The van der Waals surface area contributed by atoms with E-state index in [0.717, 1.165) is 10.8 Å². The first kappa shape index (κ1) is 19.9. The predicted molar refractivity (Wildman–Crippen MR) is 107 cm³/mol. The van der Waals surface area contributed by atoms with Gasteiger partial charge >= 0.3 is 5.97 Å². The lowest BCUT2D eigenvalue weighted by Crippen LogP contribution is -2.55. The van der Waals surface area contributed by atoms with Gasteiger partial charge < -0.3 is 10.2 Å². The van der Waals surface area contributed by atoms with Crippen LogP contribution < -0.4 is 4.72 Å². The molecule has 3 aromatic carbocycles. The third kappa shape index (κ3) is 4.00. The summed E-state index contributed by atoms with van der Waals surface area (Å²) in [5.74, 6) is -1.20. The molecule has 3 N–H and O–H groups in total. The number of aromatic hydroxyl groups is 1. The maximum Gasteiger partial charge on any atom is 0.325 e. The number of carboxylic acids is 1. The SMILES string of the molecule is CC[C@@](Cc1ccc(O)cc1)(NS(=O)(=O)c1ccc2ccccc2c1)C(=O)O. The standard InChI is InChI=1S/C21H21NO5S/c1-2-21(20(24)25,14-15-7-10-18(23)11-8-15)22-28(26,27)19-12-9-16-5-3-4-6-17(16)13-19/h3-13,22-23H,2,14H2,1H3,(H,24,25)/t21-/m0/s1. The second-order valence-corrected chi connectivity index (χ2v) is 8.38. The number of benzene rings is 3. The highest BCUT2D eigenvalue weighted by molar-refractivity contribution is 7.89. The van der Waals surface area contributed by atoms with Crippen LogP contribution in [-0.4, -0.2) is 30.1 Å². The van der Waals surface area contributed by atoms with E-state index in [1.807, 2.05) is 18.2 Å². The van der Waals surface area contributed by atoms with Crippen LogP contribution in [-0.2, 0) is 21.2 Å². The molecule has 0 saturated carbocycles. The Morgan fingerprint density at radius 3 is 2.25 bits per heavy atom. The van der Waals surface area contributed by atoms with Crippen molar-refractivity contribution >= 4 is 26.8 Å². The van der Waals surface area contributed by atoms with E-state index < -0.39 is 21.5 Å². The molecule has 3 aromatic rings. The lowest BCUT2D eigenvalue weighted by atomic mass is 9.89. The molecule has 0 aromatic heterocycles. The average Bonchev–Trinajstić information content (AvgIpc) is 2.68. The summed E-state index contributed by atoms with van der Waals surface area (Å²) < 4.78 is 28.4. The highest BCUT2D eigenvalue weighted by Gasteiger charge is 2.41. The van der Waals surface area contributed by atoms with Gasteiger partial charge in [-0.05, 0) is 47.0 Å². The van der Waals surface area contributed by atoms with Gasteiger partial charge in [0.15, 0.2) is 0 Å². The zero-order valence-corrected chi connectivity index (χ0v) is 16.1. The highest BCUT2D eigenvalue weighted by atomic mass is 32.2. The number of fused-ring (bicyclic) bond motifs is 1. The summed E-state index contributed by atoms with van der Waals surface area (Å²) >= 11 is 0. The van der Waals surface area contributed by atoms with Gasteiger partial charge in [0.1, 0.15) is 11.3 Å². The number of rotatable bonds is 7. The first-order valence-electron chi connectivity index (χ1n) is 8.80. The Balaban J connectivity index is 1.98. The quantitative estimate of drug-likeness (QED) is 0.566. The molecule has 6 nitrogen and oxygen atoms in total. The van der Waals surface area contributed by atoms with Gasteiger partial charge in [-0.1, -0.05) is 49.4 Å². The number of hydrogen-bond acceptors (Lipinski definition) is 4. The minimum absolute atomic E-state index is 0.0102. The van der Waals surface area contributed by atoms with Crippen LogP contribution in [0.2, 0.25) is 0 Å². The summed E-state index contributed by atoms with van der Waals surface area (Å²) in [6.45, 7) is 1.62. The topological polar surface area (TPSA) is 104 Å². The highest BCUT2D eigenvalue weighted by Crippen LogP contribution is 2.25. The molecule has 0 fully saturated rings. The Labute approximate surface area is 163 Å². The second-order valence-electron chi connectivity index (χ2n) is 6.70. The predicted octanol–water partition coefficient (Wildman–Crippen LogP) is 3.30. The van der Waals surface area contributed by atoms with Crippen molar-refractivity contribution in [2.75, 3.05) is 0 Å². The number of aliphatic carboxylic acids is 1. The van der Waals surface area contributed by atoms with Gasteiger partial charge in [0.2, 0.25) is 10.0 Å². The summed E-state index contributed by atoms with van der Waals surface area (Å²) in [6, 6.07) is 18.1. The molecule has 0 bridgehead atoms. The number of carboxylic acid groups (broad SMARTS) is 1. The second kappa shape index (κ2) is 7.61. The van der Waals surface area contributed by atoms with Crippen molar-refractivity contribution in [2.45, 2.75) is 30.2 Å². The van der Waals surface area contributed by atoms with E-state index in [2.05, 4.69) is 4.72 Å². The fourth-order valence-corrected chi connectivity index (χ4v) is 4.58. The maximum absolute atomic E-state index is 13.0. The molecule has 0 aliphatic rings. The van der Waals surface area contributed by atoms with Crippen LogP contribution in [0.15, 0.2) is 71.6 Å². The van der Waals surface area contributed by atoms with Gasteiger partial charge in [-0.3, -0.25) is 4.79 Å². The molecule has 3 rings (SSSR count). The molecular formula is C21H21NO5S. The van der Waals surface area contributed by atoms with E-state index in [-0.39, 0.29) is 23.5 Å². The van der Waals surface area contributed by atoms with E-state index in [0.29, 0.717) is 5.56 Å². The summed E-state index contributed by atoms with van der Waals surface area (Å²) in [4.78, 5) is 12.1. The minimum Gasteiger partial charge on any atom is -0.508 e. The molecule has 0 heterocycles. The van der Waals surface area contributed by atoms with Crippen molar-refractivity contribution in [1.29, 1.82) is 0 Å². The van der Waals surface area contributed by atoms with E-state index in [9.17, 15) is 23.4 Å². The summed E-state index contributed by atoms with van der Waals surface area (Å²) in [6.07, 6.45) is 0.00193. The fraction of sp³-hybridized carbons (Fsp3) is 0.190. The van der Waals surface area contributed by atoms with Crippen molar-refractivity contribution < 1.29 is 23.4 Å². The van der Waals surface area contributed by atoms with Gasteiger partial charge in [-0.25, -0.2) is 8.42 Å². The Hall–Kier alpha value is -2.90. The number of carbonyl (C=O) groups is 1. The van der Waals surface area contributed by atoms with Crippen molar-refractivity contribution in [3.8, 4) is 5.75 Å². The van der Waals surface area contributed by atoms with Crippen LogP contribution in [0, 0.1) is 0 Å². The van der Waals surface area contributed by atoms with Gasteiger partial charge in [-0.2, -0.15) is 4.72 Å². The van der Waals surface area contributed by atoms with E-state index in [4.69, 9.17) is 0 Å². The third-order valence-corrected chi connectivity index (χ3v) is 6.35. The van der Waals surface area contributed by atoms with Crippen LogP contribution in [0.1, 0.15) is 18.9 Å². The molecule has 0 saturated heterocycles.